The van der Waals surface area contributed by atoms with Crippen molar-refractivity contribution >= 4 is 0 Å². The van der Waals surface area contributed by atoms with E-state index in [1.165, 1.54) is 33.4 Å². The van der Waals surface area contributed by atoms with Crippen LogP contribution >= 0.6 is 0 Å². The van der Waals surface area contributed by atoms with Gasteiger partial charge in [0.1, 0.15) is 0 Å². The largest absolute Gasteiger partial charge is 0.0634 e. The molecule has 0 saturated carbocycles. The smallest absolute Gasteiger partial charge is 0.0619 e. The predicted molar refractivity (Wildman–Crippen MR) is 71.0 cm³/mol. The van der Waals surface area contributed by atoms with Gasteiger partial charge in [0.25, 0.3) is 0 Å². The number of allylic oxidation sites excluding steroid dienone is 2. The first-order valence-electron chi connectivity index (χ1n) is 6.15. The third-order valence-corrected chi connectivity index (χ3v) is 4.58. The summed E-state index contributed by atoms with van der Waals surface area (Å²) in [5, 5.41) is 0. The monoisotopic (exact) mass is 218 g/mol. The molecule has 0 aliphatic heterocycles. The Labute approximate surface area is 102 Å². The summed E-state index contributed by atoms with van der Waals surface area (Å²) in [6, 6.07) is 17.7. The van der Waals surface area contributed by atoms with E-state index in [1.807, 2.05) is 0 Å². The van der Waals surface area contributed by atoms with Crippen molar-refractivity contribution in [1.29, 1.82) is 0 Å². The highest BCUT2D eigenvalue weighted by molar-refractivity contribution is 5.90. The first-order valence-corrected chi connectivity index (χ1v) is 6.15. The van der Waals surface area contributed by atoms with Crippen LogP contribution in [0.15, 0.2) is 59.7 Å². The van der Waals surface area contributed by atoms with Gasteiger partial charge in [-0.2, -0.15) is 0 Å². The summed E-state index contributed by atoms with van der Waals surface area (Å²) in [6.07, 6.45) is 0. The maximum Gasteiger partial charge on any atom is 0.0634 e. The zero-order valence-corrected chi connectivity index (χ0v) is 10.1. The Hall–Kier alpha value is -1.82. The van der Waals surface area contributed by atoms with Crippen LogP contribution in [0.2, 0.25) is 0 Å². The van der Waals surface area contributed by atoms with Crippen molar-refractivity contribution in [3.8, 4) is 11.1 Å². The van der Waals surface area contributed by atoms with Gasteiger partial charge in [-0.1, -0.05) is 59.7 Å². The molecule has 0 fully saturated rings. The minimum Gasteiger partial charge on any atom is -0.0619 e. The number of hydrogen-bond acceptors (Lipinski definition) is 0. The molecule has 0 aromatic heterocycles. The summed E-state index contributed by atoms with van der Waals surface area (Å²) in [7, 11) is 0. The number of hydrogen-bond donors (Lipinski definition) is 0. The molecule has 2 aromatic rings. The summed E-state index contributed by atoms with van der Waals surface area (Å²) in [5.41, 5.74) is 9.03. The number of benzene rings is 2. The second-order valence-corrected chi connectivity index (χ2v) is 5.09. The van der Waals surface area contributed by atoms with E-state index in [9.17, 15) is 0 Å². The van der Waals surface area contributed by atoms with Crippen molar-refractivity contribution in [2.75, 3.05) is 0 Å². The van der Waals surface area contributed by atoms with Gasteiger partial charge < -0.3 is 0 Å². The topological polar surface area (TPSA) is 0 Å². The lowest BCUT2D eigenvalue weighted by Crippen LogP contribution is -2.10. The van der Waals surface area contributed by atoms with Crippen LogP contribution < -0.4 is 0 Å². The lowest BCUT2D eigenvalue weighted by atomic mass is 9.86. The Morgan fingerprint density at radius 1 is 0.647 bits per heavy atom. The molecule has 0 atom stereocenters. The molecule has 0 N–H and O–H groups in total. The fourth-order valence-electron chi connectivity index (χ4n) is 3.61. The van der Waals surface area contributed by atoms with E-state index in [4.69, 9.17) is 0 Å². The van der Waals surface area contributed by atoms with E-state index < -0.39 is 0 Å². The summed E-state index contributed by atoms with van der Waals surface area (Å²) >= 11 is 0. The normalized spacial score (nSPS) is 18.2. The van der Waals surface area contributed by atoms with E-state index in [1.54, 1.807) is 0 Å². The average molecular weight is 218 g/mol. The molecule has 4 rings (SSSR count). The van der Waals surface area contributed by atoms with E-state index >= 15 is 0 Å². The lowest BCUT2D eigenvalue weighted by molar-refractivity contribution is 0.894. The van der Waals surface area contributed by atoms with Gasteiger partial charge in [-0.05, 0) is 36.1 Å². The minimum absolute atomic E-state index is 0.160. The second kappa shape index (κ2) is 2.70. The Balaban J connectivity index is 2.12. The molecular formula is C17H14. The van der Waals surface area contributed by atoms with Crippen LogP contribution in [0.4, 0.5) is 0 Å². The van der Waals surface area contributed by atoms with Crippen LogP contribution in [-0.4, -0.2) is 0 Å². The average Bonchev–Trinajstić information content (AvgIpc) is 2.81. The lowest BCUT2D eigenvalue weighted by Gasteiger charge is -2.15. The van der Waals surface area contributed by atoms with E-state index in [2.05, 4.69) is 62.4 Å². The summed E-state index contributed by atoms with van der Waals surface area (Å²) in [5.74, 6) is 0. The van der Waals surface area contributed by atoms with Crippen molar-refractivity contribution in [3.05, 3.63) is 70.8 Å². The molecule has 0 bridgehead atoms. The SMILES string of the molecule is CC1=C(C)C12c1ccccc1-c1ccccc12. The minimum atomic E-state index is 0.160. The van der Waals surface area contributed by atoms with Crippen LogP contribution in [-0.2, 0) is 5.41 Å². The highest BCUT2D eigenvalue weighted by Gasteiger charge is 2.55. The molecular weight excluding hydrogens is 204 g/mol. The summed E-state index contributed by atoms with van der Waals surface area (Å²) < 4.78 is 0. The van der Waals surface area contributed by atoms with Gasteiger partial charge in [-0.3, -0.25) is 0 Å². The molecule has 17 heavy (non-hydrogen) atoms. The quantitative estimate of drug-likeness (QED) is 0.578. The Kier molecular flexibility index (Phi) is 1.47. The van der Waals surface area contributed by atoms with Crippen molar-refractivity contribution in [1.82, 2.24) is 0 Å². The van der Waals surface area contributed by atoms with E-state index in [-0.39, 0.29) is 5.41 Å². The van der Waals surface area contributed by atoms with Gasteiger partial charge in [0.05, 0.1) is 5.41 Å². The molecule has 0 heterocycles. The van der Waals surface area contributed by atoms with Crippen molar-refractivity contribution < 1.29 is 0 Å². The van der Waals surface area contributed by atoms with Crippen LogP contribution in [0.1, 0.15) is 25.0 Å². The van der Waals surface area contributed by atoms with Gasteiger partial charge in [0, 0.05) is 0 Å². The van der Waals surface area contributed by atoms with E-state index in [0.717, 1.165) is 0 Å². The van der Waals surface area contributed by atoms with Crippen molar-refractivity contribution in [2.24, 2.45) is 0 Å². The predicted octanol–water partition coefficient (Wildman–Crippen LogP) is 4.30. The number of rotatable bonds is 0. The molecule has 1 spiro atoms. The Morgan fingerprint density at radius 3 is 1.47 bits per heavy atom. The van der Waals surface area contributed by atoms with Gasteiger partial charge in [0.15, 0.2) is 0 Å². The maximum absolute atomic E-state index is 2.29. The standard InChI is InChI=1S/C17H14/c1-11-12(2)17(11)15-9-5-3-7-13(15)14-8-4-6-10-16(14)17/h3-10H,1-2H3. The molecule has 0 radical (unpaired) electrons. The zero-order chi connectivity index (χ0) is 11.6. The second-order valence-electron chi connectivity index (χ2n) is 5.09. The molecule has 0 unspecified atom stereocenters. The molecule has 82 valence electrons. The van der Waals surface area contributed by atoms with Crippen LogP contribution in [0.5, 0.6) is 0 Å². The van der Waals surface area contributed by atoms with Gasteiger partial charge in [-0.25, -0.2) is 0 Å². The third-order valence-electron chi connectivity index (χ3n) is 4.58. The maximum atomic E-state index is 2.29. The Morgan fingerprint density at radius 2 is 1.06 bits per heavy atom. The molecule has 0 amide bonds. The van der Waals surface area contributed by atoms with Gasteiger partial charge in [0.2, 0.25) is 0 Å². The third kappa shape index (κ3) is 0.835. The number of fused-ring (bicyclic) bond motifs is 5. The fourth-order valence-corrected chi connectivity index (χ4v) is 3.61. The zero-order valence-electron chi connectivity index (χ0n) is 10.1. The Bertz CT molecular complexity index is 614. The van der Waals surface area contributed by atoms with Crippen LogP contribution in [0.25, 0.3) is 11.1 Å². The van der Waals surface area contributed by atoms with Crippen LogP contribution in [0, 0.1) is 0 Å². The van der Waals surface area contributed by atoms with Gasteiger partial charge in [-0.15, -0.1) is 0 Å². The van der Waals surface area contributed by atoms with Crippen molar-refractivity contribution in [2.45, 2.75) is 19.3 Å². The molecule has 2 aromatic carbocycles. The highest BCUT2D eigenvalue weighted by atomic mass is 14.6. The first-order chi connectivity index (χ1) is 8.28. The molecule has 0 saturated heterocycles. The van der Waals surface area contributed by atoms with E-state index in [0.29, 0.717) is 0 Å². The molecule has 2 aliphatic carbocycles. The van der Waals surface area contributed by atoms with Gasteiger partial charge >= 0.3 is 0 Å². The highest BCUT2D eigenvalue weighted by Crippen LogP contribution is 2.65. The summed E-state index contributed by atoms with van der Waals surface area (Å²) in [6.45, 7) is 4.54. The first kappa shape index (κ1) is 9.23. The molecule has 0 heteroatoms. The summed E-state index contributed by atoms with van der Waals surface area (Å²) in [4.78, 5) is 0. The molecule has 2 aliphatic rings. The van der Waals surface area contributed by atoms with Crippen LogP contribution in [0.3, 0.4) is 0 Å². The fraction of sp³-hybridized carbons (Fsp3) is 0.176. The molecule has 0 nitrogen and oxygen atoms in total. The van der Waals surface area contributed by atoms with Crippen molar-refractivity contribution in [3.63, 3.8) is 0 Å².